The zero-order chi connectivity index (χ0) is 16.2. The Labute approximate surface area is 133 Å². The first-order valence-corrected chi connectivity index (χ1v) is 7.50. The molecule has 0 fully saturated rings. The van der Waals surface area contributed by atoms with E-state index in [0.29, 0.717) is 17.2 Å². The Hall–Kier alpha value is -2.96. The molecule has 0 aliphatic heterocycles. The van der Waals surface area contributed by atoms with E-state index in [2.05, 4.69) is 32.5 Å². The molecule has 0 radical (unpaired) electrons. The van der Waals surface area contributed by atoms with Crippen molar-refractivity contribution in [1.82, 2.24) is 25.0 Å². The van der Waals surface area contributed by atoms with Crippen LogP contribution < -0.4 is 5.32 Å². The Morgan fingerprint density at radius 2 is 2.26 bits per heavy atom. The molecule has 0 aliphatic rings. The van der Waals surface area contributed by atoms with Crippen LogP contribution in [-0.2, 0) is 6.42 Å². The van der Waals surface area contributed by atoms with E-state index in [9.17, 15) is 4.79 Å². The van der Waals surface area contributed by atoms with Crippen LogP contribution in [0.3, 0.4) is 0 Å². The van der Waals surface area contributed by atoms with E-state index in [4.69, 9.17) is 0 Å². The second kappa shape index (κ2) is 6.43. The lowest BCUT2D eigenvalue weighted by Gasteiger charge is -2.04. The third-order valence-corrected chi connectivity index (χ3v) is 3.51. The Kier molecular flexibility index (Phi) is 4.18. The fourth-order valence-electron chi connectivity index (χ4n) is 2.35. The number of nitrogens with one attached hydrogen (secondary N) is 2. The van der Waals surface area contributed by atoms with Gasteiger partial charge >= 0.3 is 0 Å². The van der Waals surface area contributed by atoms with Gasteiger partial charge in [-0.25, -0.2) is 9.67 Å². The van der Waals surface area contributed by atoms with Crippen molar-refractivity contribution in [3.05, 3.63) is 53.6 Å². The highest BCUT2D eigenvalue weighted by atomic mass is 16.1. The van der Waals surface area contributed by atoms with Gasteiger partial charge in [0.25, 0.3) is 5.91 Å². The second-order valence-electron chi connectivity index (χ2n) is 5.23. The highest BCUT2D eigenvalue weighted by Gasteiger charge is 2.16. The van der Waals surface area contributed by atoms with Crippen molar-refractivity contribution < 1.29 is 4.79 Å². The van der Waals surface area contributed by atoms with Gasteiger partial charge in [-0.05, 0) is 25.5 Å². The number of carbonyl (C=O) groups excluding carboxylic acids is 1. The molecule has 1 amide bonds. The maximum Gasteiger partial charge on any atom is 0.260 e. The highest BCUT2D eigenvalue weighted by molar-refractivity contribution is 6.04. The van der Waals surface area contributed by atoms with Crippen molar-refractivity contribution in [1.29, 1.82) is 0 Å². The number of hydrogen-bond donors (Lipinski definition) is 2. The number of carbonyl (C=O) groups is 1. The first-order chi connectivity index (χ1) is 11.2. The van der Waals surface area contributed by atoms with Crippen LogP contribution >= 0.6 is 0 Å². The average Bonchev–Trinajstić information content (AvgIpc) is 3.15. The topological polar surface area (TPSA) is 88.5 Å². The van der Waals surface area contributed by atoms with Gasteiger partial charge in [-0.3, -0.25) is 9.89 Å². The van der Waals surface area contributed by atoms with Crippen LogP contribution in [0.5, 0.6) is 0 Å². The third-order valence-electron chi connectivity index (χ3n) is 3.51. The predicted octanol–water partition coefficient (Wildman–Crippen LogP) is 2.50. The van der Waals surface area contributed by atoms with Crippen LogP contribution in [0.25, 0.3) is 5.82 Å². The van der Waals surface area contributed by atoms with Gasteiger partial charge in [0.15, 0.2) is 11.6 Å². The Morgan fingerprint density at radius 1 is 1.39 bits per heavy atom. The SMILES string of the molecule is CCCc1cc(NC(=O)c2cnn(-c3ccccn3)c2C)n[nH]1. The number of rotatable bonds is 5. The molecule has 3 aromatic rings. The fraction of sp³-hybridized carbons (Fsp3) is 0.250. The Bertz CT molecular complexity index is 805. The summed E-state index contributed by atoms with van der Waals surface area (Å²) in [6, 6.07) is 7.40. The summed E-state index contributed by atoms with van der Waals surface area (Å²) in [6.45, 7) is 3.93. The van der Waals surface area contributed by atoms with Gasteiger partial charge in [0.1, 0.15) is 0 Å². The number of aryl methyl sites for hydroxylation is 1. The number of nitrogens with zero attached hydrogens (tertiary/aromatic N) is 4. The number of aromatic nitrogens is 5. The lowest BCUT2D eigenvalue weighted by atomic mass is 10.2. The number of H-pyrrole nitrogens is 1. The molecule has 0 spiro atoms. The van der Waals surface area contributed by atoms with Crippen molar-refractivity contribution in [3.8, 4) is 5.82 Å². The van der Waals surface area contributed by atoms with Gasteiger partial charge in [0.05, 0.1) is 17.5 Å². The van der Waals surface area contributed by atoms with E-state index in [1.807, 2.05) is 31.2 Å². The standard InChI is InChI=1S/C16H18N6O/c1-3-6-12-9-14(21-20-12)19-16(23)13-10-18-22(11(13)2)15-7-4-5-8-17-15/h4-5,7-10H,3,6H2,1-2H3,(H2,19,20,21,23). The Morgan fingerprint density at radius 3 is 3.00 bits per heavy atom. The Balaban J connectivity index is 1.79. The van der Waals surface area contributed by atoms with E-state index >= 15 is 0 Å². The van der Waals surface area contributed by atoms with E-state index in [-0.39, 0.29) is 5.91 Å². The summed E-state index contributed by atoms with van der Waals surface area (Å²) in [7, 11) is 0. The molecule has 0 aromatic carbocycles. The minimum atomic E-state index is -0.237. The molecule has 0 saturated carbocycles. The van der Waals surface area contributed by atoms with E-state index < -0.39 is 0 Å². The molecule has 3 aromatic heterocycles. The first kappa shape index (κ1) is 15.0. The molecule has 0 aliphatic carbocycles. The second-order valence-corrected chi connectivity index (χ2v) is 5.23. The van der Waals surface area contributed by atoms with Crippen LogP contribution in [0, 0.1) is 6.92 Å². The highest BCUT2D eigenvalue weighted by Crippen LogP contribution is 2.14. The number of aromatic amines is 1. The minimum Gasteiger partial charge on any atom is -0.305 e. The molecule has 0 bridgehead atoms. The third kappa shape index (κ3) is 3.13. The molecular formula is C16H18N6O. The van der Waals surface area contributed by atoms with Gasteiger partial charge in [-0.2, -0.15) is 10.2 Å². The molecule has 0 unspecified atom stereocenters. The summed E-state index contributed by atoms with van der Waals surface area (Å²) in [5.74, 6) is 0.955. The molecule has 0 saturated heterocycles. The van der Waals surface area contributed by atoms with Crippen LogP contribution in [0.1, 0.15) is 35.1 Å². The summed E-state index contributed by atoms with van der Waals surface area (Å²) in [5.41, 5.74) is 2.23. The first-order valence-electron chi connectivity index (χ1n) is 7.50. The number of anilines is 1. The minimum absolute atomic E-state index is 0.237. The molecule has 3 rings (SSSR count). The molecular weight excluding hydrogens is 292 g/mol. The smallest absolute Gasteiger partial charge is 0.260 e. The quantitative estimate of drug-likeness (QED) is 0.758. The predicted molar refractivity (Wildman–Crippen MR) is 86.6 cm³/mol. The number of amides is 1. The number of pyridine rings is 1. The number of hydrogen-bond acceptors (Lipinski definition) is 4. The maximum atomic E-state index is 12.4. The van der Waals surface area contributed by atoms with Gasteiger partial charge in [-0.1, -0.05) is 19.4 Å². The average molecular weight is 310 g/mol. The monoisotopic (exact) mass is 310 g/mol. The molecule has 2 N–H and O–H groups in total. The summed E-state index contributed by atoms with van der Waals surface area (Å²) < 4.78 is 1.64. The molecule has 23 heavy (non-hydrogen) atoms. The van der Waals surface area contributed by atoms with E-state index in [1.165, 1.54) is 0 Å². The van der Waals surface area contributed by atoms with Crippen molar-refractivity contribution >= 4 is 11.7 Å². The molecule has 3 heterocycles. The molecule has 118 valence electrons. The maximum absolute atomic E-state index is 12.4. The summed E-state index contributed by atoms with van der Waals surface area (Å²) in [5, 5.41) is 14.0. The van der Waals surface area contributed by atoms with Crippen LogP contribution in [0.2, 0.25) is 0 Å². The van der Waals surface area contributed by atoms with Gasteiger partial charge in [0.2, 0.25) is 0 Å². The van der Waals surface area contributed by atoms with Crippen LogP contribution in [-0.4, -0.2) is 30.9 Å². The van der Waals surface area contributed by atoms with Crippen LogP contribution in [0.4, 0.5) is 5.82 Å². The zero-order valence-electron chi connectivity index (χ0n) is 13.1. The van der Waals surface area contributed by atoms with Crippen molar-refractivity contribution in [2.45, 2.75) is 26.7 Å². The lowest BCUT2D eigenvalue weighted by molar-refractivity contribution is 0.102. The molecule has 7 heteroatoms. The van der Waals surface area contributed by atoms with Gasteiger partial charge < -0.3 is 5.32 Å². The molecule has 7 nitrogen and oxygen atoms in total. The summed E-state index contributed by atoms with van der Waals surface area (Å²) in [6.07, 6.45) is 5.15. The summed E-state index contributed by atoms with van der Waals surface area (Å²) >= 11 is 0. The lowest BCUT2D eigenvalue weighted by Crippen LogP contribution is -2.13. The largest absolute Gasteiger partial charge is 0.305 e. The normalized spacial score (nSPS) is 10.7. The van der Waals surface area contributed by atoms with Crippen LogP contribution in [0.15, 0.2) is 36.7 Å². The van der Waals surface area contributed by atoms with Gasteiger partial charge in [-0.15, -0.1) is 0 Å². The van der Waals surface area contributed by atoms with Crippen molar-refractivity contribution in [2.75, 3.05) is 5.32 Å². The van der Waals surface area contributed by atoms with Crippen molar-refractivity contribution in [3.63, 3.8) is 0 Å². The van der Waals surface area contributed by atoms with E-state index in [0.717, 1.165) is 24.2 Å². The zero-order valence-corrected chi connectivity index (χ0v) is 13.1. The summed E-state index contributed by atoms with van der Waals surface area (Å²) in [4.78, 5) is 16.6. The van der Waals surface area contributed by atoms with Gasteiger partial charge in [0, 0.05) is 18.0 Å². The van der Waals surface area contributed by atoms with Crippen molar-refractivity contribution in [2.24, 2.45) is 0 Å². The fourth-order valence-corrected chi connectivity index (χ4v) is 2.35. The van der Waals surface area contributed by atoms with E-state index in [1.54, 1.807) is 17.1 Å². The molecule has 0 atom stereocenters.